The molecule has 0 aliphatic rings. The van der Waals surface area contributed by atoms with Gasteiger partial charge in [-0.1, -0.05) is 0 Å². The molecule has 3 heteroatoms. The third-order valence-corrected chi connectivity index (χ3v) is 25.7. The molecule has 0 atom stereocenters. The van der Waals surface area contributed by atoms with E-state index in [9.17, 15) is 0 Å². The van der Waals surface area contributed by atoms with Gasteiger partial charge in [0.1, 0.15) is 0 Å². The van der Waals surface area contributed by atoms with Crippen LogP contribution in [0.4, 0.5) is 0 Å². The topological polar surface area (TPSA) is 0 Å². The van der Waals surface area contributed by atoms with Gasteiger partial charge in [0.15, 0.2) is 0 Å². The molecule has 0 bridgehead atoms. The van der Waals surface area contributed by atoms with Crippen molar-refractivity contribution in [3.63, 3.8) is 0 Å². The van der Waals surface area contributed by atoms with Crippen LogP contribution in [0.5, 0.6) is 0 Å². The van der Waals surface area contributed by atoms with Gasteiger partial charge in [-0.2, -0.15) is 0 Å². The van der Waals surface area contributed by atoms with Gasteiger partial charge in [0, 0.05) is 0 Å². The summed E-state index contributed by atoms with van der Waals surface area (Å²) >= 11 is 1.05. The first kappa shape index (κ1) is 37.6. The van der Waals surface area contributed by atoms with Crippen molar-refractivity contribution in [2.24, 2.45) is 0 Å². The average Bonchev–Trinajstić information content (AvgIpc) is 3.01. The Bertz CT molecular complexity index is 1900. The van der Waals surface area contributed by atoms with E-state index in [-0.39, 0.29) is 0 Å². The Hall–Kier alpha value is -3.12. The predicted molar refractivity (Wildman–Crippen MR) is 228 cm³/mol. The summed E-state index contributed by atoms with van der Waals surface area (Å²) in [7, 11) is 0. The number of rotatable bonds is 8. The molecule has 0 saturated carbocycles. The summed E-state index contributed by atoms with van der Waals surface area (Å²) < 4.78 is 3.14. The SMILES string of the molecule is Cc1cc(C)c(-c2cccc(-c3c(C)cc(C)cc3C)c2[Se][Se][Se]c2c(-c3c(C)cc(C)cc3C)cccc2-c2c(C)cc(C)cc2C)c(C)c1. The van der Waals surface area contributed by atoms with Crippen LogP contribution in [0.15, 0.2) is 84.9 Å². The Labute approximate surface area is 323 Å². The van der Waals surface area contributed by atoms with Gasteiger partial charge in [0.25, 0.3) is 0 Å². The molecular weight excluding hydrogens is 813 g/mol. The molecule has 0 N–H and O–H groups in total. The van der Waals surface area contributed by atoms with Crippen molar-refractivity contribution in [1.82, 2.24) is 0 Å². The standard InChI is InChI=1S/C48H50Se3/c1-27-19-31(5)43(32(6)20-27)39-15-13-16-40(44-33(7)21-28(2)22-34(44)8)47(39)49-51-50-48-41(45-35(9)23-29(3)24-36(45)10)17-14-18-42(48)46-37(11)25-30(4)26-38(46)12/h13-26H,1-12H3. The van der Waals surface area contributed by atoms with Crippen LogP contribution in [-0.2, 0) is 0 Å². The van der Waals surface area contributed by atoms with E-state index in [1.54, 1.807) is 8.92 Å². The summed E-state index contributed by atoms with van der Waals surface area (Å²) in [6.07, 6.45) is 0. The van der Waals surface area contributed by atoms with Gasteiger partial charge in [0.05, 0.1) is 0 Å². The van der Waals surface area contributed by atoms with E-state index in [4.69, 9.17) is 0 Å². The molecule has 0 heterocycles. The van der Waals surface area contributed by atoms with Gasteiger partial charge in [0.2, 0.25) is 0 Å². The van der Waals surface area contributed by atoms with Crippen LogP contribution in [0, 0.1) is 83.1 Å². The quantitative estimate of drug-likeness (QED) is 0.134. The van der Waals surface area contributed by atoms with Crippen molar-refractivity contribution in [3.8, 4) is 44.5 Å². The van der Waals surface area contributed by atoms with Crippen LogP contribution in [0.25, 0.3) is 44.5 Å². The molecule has 0 spiro atoms. The molecular formula is C48H50Se3. The normalized spacial score (nSPS) is 11.4. The van der Waals surface area contributed by atoms with E-state index in [0.29, 0.717) is 37.6 Å². The molecule has 6 aromatic carbocycles. The summed E-state index contributed by atoms with van der Waals surface area (Å²) in [6.45, 7) is 27.3. The van der Waals surface area contributed by atoms with Crippen LogP contribution in [0.3, 0.4) is 0 Å². The minimum absolute atomic E-state index is 0.311. The molecule has 0 aromatic heterocycles. The molecule has 0 aliphatic heterocycles. The number of benzene rings is 6. The molecule has 0 fully saturated rings. The van der Waals surface area contributed by atoms with Gasteiger partial charge in [-0.25, -0.2) is 0 Å². The van der Waals surface area contributed by atoms with Crippen LogP contribution in [0.1, 0.15) is 66.8 Å². The van der Waals surface area contributed by atoms with Crippen LogP contribution < -0.4 is 8.92 Å². The van der Waals surface area contributed by atoms with Crippen LogP contribution in [-0.4, -0.2) is 37.6 Å². The van der Waals surface area contributed by atoms with Crippen molar-refractivity contribution in [1.29, 1.82) is 0 Å². The second-order valence-corrected chi connectivity index (χ2v) is 30.2. The summed E-state index contributed by atoms with van der Waals surface area (Å²) in [5, 5.41) is 0. The van der Waals surface area contributed by atoms with Crippen molar-refractivity contribution >= 4 is 46.5 Å². The van der Waals surface area contributed by atoms with E-state index in [1.807, 2.05) is 0 Å². The molecule has 6 rings (SSSR count). The zero-order valence-corrected chi connectivity index (χ0v) is 37.4. The van der Waals surface area contributed by atoms with Gasteiger partial charge < -0.3 is 0 Å². The summed E-state index contributed by atoms with van der Waals surface area (Å²) in [6, 6.07) is 33.2. The molecule has 6 aromatic rings. The van der Waals surface area contributed by atoms with Crippen molar-refractivity contribution in [3.05, 3.63) is 152 Å². The minimum atomic E-state index is 0.311. The van der Waals surface area contributed by atoms with Crippen molar-refractivity contribution in [2.45, 2.75) is 83.1 Å². The third kappa shape index (κ3) is 7.68. The molecule has 0 radical (unpaired) electrons. The summed E-state index contributed by atoms with van der Waals surface area (Å²) in [5.74, 6) is 0. The van der Waals surface area contributed by atoms with Crippen LogP contribution in [0.2, 0.25) is 0 Å². The Morgan fingerprint density at radius 2 is 0.490 bits per heavy atom. The number of hydrogen-bond acceptors (Lipinski definition) is 0. The Kier molecular flexibility index (Phi) is 11.4. The fourth-order valence-corrected chi connectivity index (χ4v) is 26.5. The molecule has 0 nitrogen and oxygen atoms in total. The van der Waals surface area contributed by atoms with Gasteiger partial charge in [-0.15, -0.1) is 0 Å². The Morgan fingerprint density at radius 1 is 0.294 bits per heavy atom. The van der Waals surface area contributed by atoms with Crippen molar-refractivity contribution < 1.29 is 0 Å². The maximum absolute atomic E-state index is 2.41. The van der Waals surface area contributed by atoms with Crippen molar-refractivity contribution in [2.75, 3.05) is 0 Å². The van der Waals surface area contributed by atoms with Gasteiger partial charge in [-0.3, -0.25) is 0 Å². The van der Waals surface area contributed by atoms with E-state index in [1.165, 1.54) is 111 Å². The molecule has 260 valence electrons. The van der Waals surface area contributed by atoms with E-state index in [0.717, 1.165) is 0 Å². The molecule has 51 heavy (non-hydrogen) atoms. The Balaban J connectivity index is 1.54. The first-order chi connectivity index (χ1) is 24.2. The second-order valence-electron chi connectivity index (χ2n) is 14.7. The fourth-order valence-electron chi connectivity index (χ4n) is 8.55. The second kappa shape index (κ2) is 15.5. The molecule has 0 unspecified atom stereocenters. The molecule has 0 aliphatic carbocycles. The van der Waals surface area contributed by atoms with E-state index >= 15 is 0 Å². The predicted octanol–water partition coefficient (Wildman–Crippen LogP) is 10.9. The fraction of sp³-hybridized carbons (Fsp3) is 0.250. The van der Waals surface area contributed by atoms with Gasteiger partial charge >= 0.3 is 326 Å². The summed E-state index contributed by atoms with van der Waals surface area (Å²) in [5.41, 5.74) is 27.8. The Morgan fingerprint density at radius 3 is 0.686 bits per heavy atom. The van der Waals surface area contributed by atoms with Crippen LogP contribution >= 0.6 is 0 Å². The summed E-state index contributed by atoms with van der Waals surface area (Å²) in [4.78, 5) is 0. The number of hydrogen-bond donors (Lipinski definition) is 0. The zero-order valence-electron chi connectivity index (χ0n) is 32.3. The molecule has 0 saturated heterocycles. The van der Waals surface area contributed by atoms with Gasteiger partial charge in [-0.05, 0) is 0 Å². The monoisotopic (exact) mass is 866 g/mol. The van der Waals surface area contributed by atoms with E-state index in [2.05, 4.69) is 168 Å². The maximum atomic E-state index is 2.41. The first-order valence-electron chi connectivity index (χ1n) is 17.8. The zero-order chi connectivity index (χ0) is 36.7. The van der Waals surface area contributed by atoms with E-state index < -0.39 is 0 Å². The first-order valence-corrected chi connectivity index (χ1v) is 28.2. The molecule has 0 amide bonds. The average molecular weight is 864 g/mol. The number of aryl methyl sites for hydroxylation is 12. The third-order valence-electron chi connectivity index (χ3n) is 10.1.